The molecule has 1 aliphatic heterocycles. The average Bonchev–Trinajstić information content (AvgIpc) is 3.48. The summed E-state index contributed by atoms with van der Waals surface area (Å²) in [4.78, 5) is 8.86. The number of hydrogen-bond acceptors (Lipinski definition) is 6. The first kappa shape index (κ1) is 23.6. The highest BCUT2D eigenvalue weighted by molar-refractivity contribution is 5.69. The van der Waals surface area contributed by atoms with Gasteiger partial charge in [0.25, 0.3) is 0 Å². The van der Waals surface area contributed by atoms with Gasteiger partial charge in [-0.05, 0) is 48.4 Å². The van der Waals surface area contributed by atoms with E-state index in [0.717, 1.165) is 16.9 Å². The maximum absolute atomic E-state index is 12.4. The molecule has 186 valence electrons. The van der Waals surface area contributed by atoms with E-state index in [2.05, 4.69) is 19.8 Å². The molecule has 1 unspecified atom stereocenters. The number of aryl methyl sites for hydroxylation is 1. The lowest BCUT2D eigenvalue weighted by Gasteiger charge is -2.23. The van der Waals surface area contributed by atoms with Crippen molar-refractivity contribution >= 4 is 12.2 Å². The van der Waals surface area contributed by atoms with Crippen LogP contribution in [0.4, 0.5) is 13.2 Å². The molecule has 0 N–H and O–H groups in total. The largest absolute Gasteiger partial charge is 0.573 e. The number of benzene rings is 2. The van der Waals surface area contributed by atoms with Crippen LogP contribution >= 0.6 is 0 Å². The van der Waals surface area contributed by atoms with Crippen molar-refractivity contribution in [2.45, 2.75) is 25.9 Å². The van der Waals surface area contributed by atoms with Crippen molar-refractivity contribution in [3.63, 3.8) is 0 Å². The van der Waals surface area contributed by atoms with Gasteiger partial charge >= 0.3 is 6.36 Å². The van der Waals surface area contributed by atoms with E-state index in [4.69, 9.17) is 9.47 Å². The SMILES string of the molecule is COc1cc(C=Cc2nc3n(n2)CCOC3c2ccc(OC(F)(F)F)cc2)ccc1-n1cnc(C)c1. The molecule has 0 fully saturated rings. The molecule has 0 spiro atoms. The smallest absolute Gasteiger partial charge is 0.495 e. The Labute approximate surface area is 204 Å². The zero-order valence-corrected chi connectivity index (χ0v) is 19.4. The summed E-state index contributed by atoms with van der Waals surface area (Å²) in [7, 11) is 1.61. The van der Waals surface area contributed by atoms with E-state index in [1.54, 1.807) is 24.2 Å². The maximum Gasteiger partial charge on any atom is 0.573 e. The molecule has 1 atom stereocenters. The van der Waals surface area contributed by atoms with Gasteiger partial charge in [-0.3, -0.25) is 0 Å². The Hall–Kier alpha value is -4.12. The molecule has 0 amide bonds. The zero-order valence-electron chi connectivity index (χ0n) is 19.4. The minimum atomic E-state index is -4.74. The Kier molecular flexibility index (Phi) is 6.23. The van der Waals surface area contributed by atoms with Crippen LogP contribution in [0.25, 0.3) is 17.8 Å². The fourth-order valence-electron chi connectivity index (χ4n) is 3.96. The van der Waals surface area contributed by atoms with Crippen LogP contribution in [-0.4, -0.2) is 44.4 Å². The van der Waals surface area contributed by atoms with E-state index >= 15 is 0 Å². The number of nitrogens with zero attached hydrogens (tertiary/aromatic N) is 5. The summed E-state index contributed by atoms with van der Waals surface area (Å²) in [5, 5.41) is 4.54. The van der Waals surface area contributed by atoms with Crippen LogP contribution in [0.2, 0.25) is 0 Å². The van der Waals surface area contributed by atoms with Gasteiger partial charge in [0.05, 0.1) is 38.0 Å². The molecule has 8 nitrogen and oxygen atoms in total. The van der Waals surface area contributed by atoms with Crippen LogP contribution in [-0.2, 0) is 11.3 Å². The van der Waals surface area contributed by atoms with Gasteiger partial charge in [0.1, 0.15) is 17.6 Å². The summed E-state index contributed by atoms with van der Waals surface area (Å²) in [5.41, 5.74) is 3.33. The van der Waals surface area contributed by atoms with Gasteiger partial charge in [-0.15, -0.1) is 13.2 Å². The molecule has 5 rings (SSSR count). The monoisotopic (exact) mass is 497 g/mol. The molecule has 1 aliphatic rings. The lowest BCUT2D eigenvalue weighted by molar-refractivity contribution is -0.274. The van der Waals surface area contributed by atoms with E-state index in [9.17, 15) is 13.2 Å². The molecular formula is C25H22F3N5O3. The fourth-order valence-corrected chi connectivity index (χ4v) is 3.96. The molecule has 2 aromatic carbocycles. The minimum Gasteiger partial charge on any atom is -0.495 e. The van der Waals surface area contributed by atoms with E-state index < -0.39 is 12.5 Å². The zero-order chi connectivity index (χ0) is 25.3. The normalized spacial score (nSPS) is 15.8. The minimum absolute atomic E-state index is 0.295. The van der Waals surface area contributed by atoms with Gasteiger partial charge in [-0.2, -0.15) is 5.10 Å². The number of imidazole rings is 1. The number of methoxy groups -OCH3 is 1. The van der Waals surface area contributed by atoms with E-state index in [1.165, 1.54) is 24.3 Å². The predicted octanol–water partition coefficient (Wildman–Crippen LogP) is 4.97. The van der Waals surface area contributed by atoms with Crippen molar-refractivity contribution in [1.82, 2.24) is 24.3 Å². The highest BCUT2D eigenvalue weighted by Crippen LogP contribution is 2.31. The second-order valence-corrected chi connectivity index (χ2v) is 8.11. The highest BCUT2D eigenvalue weighted by atomic mass is 19.4. The fraction of sp³-hybridized carbons (Fsp3) is 0.240. The molecule has 3 heterocycles. The van der Waals surface area contributed by atoms with E-state index in [0.29, 0.717) is 36.1 Å². The number of alkyl halides is 3. The lowest BCUT2D eigenvalue weighted by Crippen LogP contribution is -2.23. The third-order valence-corrected chi connectivity index (χ3v) is 5.57. The number of ether oxygens (including phenoxy) is 3. The third kappa shape index (κ3) is 5.10. The second-order valence-electron chi connectivity index (χ2n) is 8.11. The van der Waals surface area contributed by atoms with E-state index in [1.807, 2.05) is 42.0 Å². The predicted molar refractivity (Wildman–Crippen MR) is 125 cm³/mol. The first-order chi connectivity index (χ1) is 17.3. The first-order valence-corrected chi connectivity index (χ1v) is 11.1. The Morgan fingerprint density at radius 2 is 1.92 bits per heavy atom. The topological polar surface area (TPSA) is 76.2 Å². The quantitative estimate of drug-likeness (QED) is 0.375. The molecule has 0 saturated carbocycles. The second kappa shape index (κ2) is 9.50. The van der Waals surface area contributed by atoms with E-state index in [-0.39, 0.29) is 5.75 Å². The average molecular weight is 497 g/mol. The van der Waals surface area contributed by atoms with Crippen LogP contribution < -0.4 is 9.47 Å². The molecule has 0 bridgehead atoms. The number of hydrogen-bond donors (Lipinski definition) is 0. The van der Waals surface area contributed by atoms with Crippen LogP contribution in [0, 0.1) is 6.92 Å². The van der Waals surface area contributed by atoms with Crippen molar-refractivity contribution in [2.75, 3.05) is 13.7 Å². The standard InChI is InChI=1S/C25H22F3N5O3/c1-16-14-32(15-29-16)20-9-3-17(13-21(20)34-2)4-10-22-30-24-23(35-12-11-33(24)31-22)18-5-7-19(8-6-18)36-25(26,27)28/h3-10,13-15,23H,11-12H2,1-2H3. The van der Waals surface area contributed by atoms with Crippen LogP contribution in [0.3, 0.4) is 0 Å². The van der Waals surface area contributed by atoms with Gasteiger partial charge in [0.2, 0.25) is 0 Å². The molecule has 36 heavy (non-hydrogen) atoms. The summed E-state index contributed by atoms with van der Waals surface area (Å²) in [6, 6.07) is 11.4. The van der Waals surface area contributed by atoms with Gasteiger partial charge < -0.3 is 18.8 Å². The summed E-state index contributed by atoms with van der Waals surface area (Å²) in [6.45, 7) is 2.84. The Balaban J connectivity index is 1.35. The number of fused-ring (bicyclic) bond motifs is 1. The first-order valence-electron chi connectivity index (χ1n) is 11.1. The highest BCUT2D eigenvalue weighted by Gasteiger charge is 2.31. The molecule has 0 radical (unpaired) electrons. The molecule has 11 heteroatoms. The summed E-state index contributed by atoms with van der Waals surface area (Å²) in [5.74, 6) is 1.47. The van der Waals surface area contributed by atoms with Gasteiger partial charge in [0.15, 0.2) is 11.6 Å². The molecule has 2 aromatic heterocycles. The van der Waals surface area contributed by atoms with Crippen LogP contribution in [0.1, 0.15) is 34.6 Å². The maximum atomic E-state index is 12.4. The summed E-state index contributed by atoms with van der Waals surface area (Å²) >= 11 is 0. The van der Waals surface area contributed by atoms with Gasteiger partial charge in [0, 0.05) is 6.20 Å². The van der Waals surface area contributed by atoms with Gasteiger partial charge in [-0.25, -0.2) is 14.6 Å². The van der Waals surface area contributed by atoms with Crippen molar-refractivity contribution < 1.29 is 27.4 Å². The Bertz CT molecular complexity index is 1390. The van der Waals surface area contributed by atoms with Crippen LogP contribution in [0.15, 0.2) is 55.0 Å². The van der Waals surface area contributed by atoms with Crippen LogP contribution in [0.5, 0.6) is 11.5 Å². The van der Waals surface area contributed by atoms with Gasteiger partial charge in [-0.1, -0.05) is 24.3 Å². The van der Waals surface area contributed by atoms with Crippen molar-refractivity contribution in [2.24, 2.45) is 0 Å². The third-order valence-electron chi connectivity index (χ3n) is 5.57. The molecule has 0 aliphatic carbocycles. The number of rotatable bonds is 6. The lowest BCUT2D eigenvalue weighted by atomic mass is 10.1. The Morgan fingerprint density at radius 1 is 1.11 bits per heavy atom. The molecule has 4 aromatic rings. The van der Waals surface area contributed by atoms with Crippen molar-refractivity contribution in [3.8, 4) is 17.2 Å². The molecule has 0 saturated heterocycles. The number of halogens is 3. The summed E-state index contributed by atoms with van der Waals surface area (Å²) < 4.78 is 56.4. The van der Waals surface area contributed by atoms with Crippen molar-refractivity contribution in [3.05, 3.63) is 83.5 Å². The molecular weight excluding hydrogens is 475 g/mol. The summed E-state index contributed by atoms with van der Waals surface area (Å²) in [6.07, 6.45) is 2.03. The number of aromatic nitrogens is 5. The Morgan fingerprint density at radius 3 is 2.61 bits per heavy atom. The van der Waals surface area contributed by atoms with Crippen molar-refractivity contribution in [1.29, 1.82) is 0 Å².